The van der Waals surface area contributed by atoms with Crippen LogP contribution in [0.15, 0.2) is 48.5 Å². The number of piperidine rings is 1. The van der Waals surface area contributed by atoms with Crippen LogP contribution in [0.4, 0.5) is 0 Å². The van der Waals surface area contributed by atoms with Crippen molar-refractivity contribution in [3.8, 4) is 11.8 Å². The molecule has 0 saturated carbocycles. The minimum atomic E-state index is -0.516. The largest absolute Gasteiger partial charge is 0.490 e. The van der Waals surface area contributed by atoms with Gasteiger partial charge in [-0.3, -0.25) is 0 Å². The third-order valence-electron chi connectivity index (χ3n) is 5.99. The summed E-state index contributed by atoms with van der Waals surface area (Å²) in [4.78, 5) is 2.27. The maximum Gasteiger partial charge on any atom is 0.123 e. The van der Waals surface area contributed by atoms with Crippen LogP contribution in [-0.2, 0) is 11.8 Å². The molecule has 1 N–H and O–H groups in total. The minimum absolute atomic E-state index is 0.214. The first-order chi connectivity index (χ1) is 13.1. The van der Waals surface area contributed by atoms with Crippen molar-refractivity contribution >= 4 is 0 Å². The van der Waals surface area contributed by atoms with E-state index in [9.17, 15) is 10.4 Å². The molecule has 4 nitrogen and oxygen atoms in total. The number of benzene rings is 2. The zero-order chi connectivity index (χ0) is 18.9. The summed E-state index contributed by atoms with van der Waals surface area (Å²) >= 11 is 0. The molecule has 27 heavy (non-hydrogen) atoms. The van der Waals surface area contributed by atoms with Crippen molar-refractivity contribution in [3.63, 3.8) is 0 Å². The highest BCUT2D eigenvalue weighted by Gasteiger charge is 2.36. The molecular weight excluding hydrogens is 336 g/mol. The lowest BCUT2D eigenvalue weighted by Crippen LogP contribution is -2.43. The molecule has 2 aromatic rings. The summed E-state index contributed by atoms with van der Waals surface area (Å²) in [6, 6.07) is 18.7. The first-order valence-electron chi connectivity index (χ1n) is 9.76. The van der Waals surface area contributed by atoms with Crippen LogP contribution in [0.2, 0.25) is 0 Å². The fraction of sp³-hybridized carbons (Fsp3) is 0.435. The quantitative estimate of drug-likeness (QED) is 0.903. The Morgan fingerprint density at radius 3 is 2.67 bits per heavy atom. The second kappa shape index (κ2) is 7.34. The summed E-state index contributed by atoms with van der Waals surface area (Å²) < 4.78 is 5.75. The molecule has 4 heteroatoms. The molecule has 2 heterocycles. The fourth-order valence-corrected chi connectivity index (χ4v) is 4.34. The summed E-state index contributed by atoms with van der Waals surface area (Å²) in [7, 11) is 0. The van der Waals surface area contributed by atoms with Gasteiger partial charge in [0.1, 0.15) is 11.9 Å². The molecular formula is C23H26N2O2. The molecule has 2 aliphatic heterocycles. The number of aliphatic hydroxyl groups is 1. The van der Waals surface area contributed by atoms with Crippen LogP contribution in [0.5, 0.6) is 5.75 Å². The third kappa shape index (κ3) is 3.58. The first kappa shape index (κ1) is 18.0. The van der Waals surface area contributed by atoms with Crippen LogP contribution in [0, 0.1) is 11.3 Å². The van der Waals surface area contributed by atoms with Crippen molar-refractivity contribution in [2.45, 2.75) is 43.8 Å². The lowest BCUT2D eigenvalue weighted by Gasteiger charge is -2.38. The van der Waals surface area contributed by atoms with E-state index in [1.807, 2.05) is 30.3 Å². The molecule has 1 saturated heterocycles. The summed E-state index contributed by atoms with van der Waals surface area (Å²) in [6.45, 7) is 4.32. The van der Waals surface area contributed by atoms with E-state index in [1.54, 1.807) is 0 Å². The summed E-state index contributed by atoms with van der Waals surface area (Å²) in [5.74, 6) is 0.943. The number of likely N-dealkylation sites (tertiary alicyclic amines) is 1. The molecule has 2 unspecified atom stereocenters. The van der Waals surface area contributed by atoms with E-state index in [1.165, 1.54) is 5.56 Å². The number of fused-ring (bicyclic) bond motifs is 1. The highest BCUT2D eigenvalue weighted by molar-refractivity contribution is 5.41. The predicted molar refractivity (Wildman–Crippen MR) is 105 cm³/mol. The summed E-state index contributed by atoms with van der Waals surface area (Å²) in [5, 5.41) is 20.5. The van der Waals surface area contributed by atoms with Gasteiger partial charge in [0.2, 0.25) is 0 Å². The maximum absolute atomic E-state index is 10.7. The number of hydrogen-bond acceptors (Lipinski definition) is 4. The smallest absolute Gasteiger partial charge is 0.123 e. The molecule has 0 spiro atoms. The molecule has 0 bridgehead atoms. The van der Waals surface area contributed by atoms with Crippen molar-refractivity contribution in [3.05, 3.63) is 65.2 Å². The maximum atomic E-state index is 10.7. The van der Waals surface area contributed by atoms with Gasteiger partial charge < -0.3 is 14.7 Å². The Labute approximate surface area is 161 Å². The van der Waals surface area contributed by atoms with Crippen molar-refractivity contribution in [1.82, 2.24) is 4.90 Å². The van der Waals surface area contributed by atoms with Crippen molar-refractivity contribution < 1.29 is 9.84 Å². The van der Waals surface area contributed by atoms with Crippen LogP contribution in [0.3, 0.4) is 0 Å². The lowest BCUT2D eigenvalue weighted by molar-refractivity contribution is 0.0897. The molecule has 140 valence electrons. The molecule has 0 aromatic heterocycles. The average Bonchev–Trinajstić information content (AvgIpc) is 3.08. The molecule has 4 rings (SSSR count). The van der Waals surface area contributed by atoms with Gasteiger partial charge in [0.05, 0.1) is 17.6 Å². The number of hydrogen-bond donors (Lipinski definition) is 1. The van der Waals surface area contributed by atoms with Gasteiger partial charge in [0, 0.05) is 26.1 Å². The lowest BCUT2D eigenvalue weighted by atomic mass is 9.74. The standard InChI is InChI=1S/C23H26N2O2/c1-17-13-19-14-18(7-8-22(19)27-17)21(26)15-25-11-9-23(16-24,10-12-25)20-5-3-2-4-6-20/h2-8,14,17,21,26H,9-13,15H2,1H3. The van der Waals surface area contributed by atoms with Gasteiger partial charge in [-0.15, -0.1) is 0 Å². The van der Waals surface area contributed by atoms with Crippen LogP contribution >= 0.6 is 0 Å². The highest BCUT2D eigenvalue weighted by Crippen LogP contribution is 2.36. The van der Waals surface area contributed by atoms with Gasteiger partial charge >= 0.3 is 0 Å². The zero-order valence-corrected chi connectivity index (χ0v) is 15.8. The molecule has 0 radical (unpaired) electrons. The van der Waals surface area contributed by atoms with E-state index in [0.717, 1.165) is 49.2 Å². The van der Waals surface area contributed by atoms with E-state index in [2.05, 4.69) is 36.1 Å². The predicted octanol–water partition coefficient (Wildman–Crippen LogP) is 3.60. The molecule has 2 atom stereocenters. The van der Waals surface area contributed by atoms with Gasteiger partial charge in [0.15, 0.2) is 0 Å². The van der Waals surface area contributed by atoms with E-state index in [-0.39, 0.29) is 6.10 Å². The second-order valence-corrected chi connectivity index (χ2v) is 7.88. The third-order valence-corrected chi connectivity index (χ3v) is 5.99. The van der Waals surface area contributed by atoms with E-state index < -0.39 is 11.5 Å². The monoisotopic (exact) mass is 362 g/mol. The van der Waals surface area contributed by atoms with Crippen molar-refractivity contribution in [2.75, 3.05) is 19.6 Å². The van der Waals surface area contributed by atoms with E-state index in [0.29, 0.717) is 6.54 Å². The number of aliphatic hydroxyl groups excluding tert-OH is 1. The summed E-state index contributed by atoms with van der Waals surface area (Å²) in [5.41, 5.74) is 2.85. The zero-order valence-electron chi connectivity index (χ0n) is 15.8. The minimum Gasteiger partial charge on any atom is -0.490 e. The van der Waals surface area contributed by atoms with Crippen molar-refractivity contribution in [1.29, 1.82) is 5.26 Å². The van der Waals surface area contributed by atoms with Crippen LogP contribution in [0.25, 0.3) is 0 Å². The number of ether oxygens (including phenoxy) is 1. The van der Waals surface area contributed by atoms with Gasteiger partial charge in [-0.25, -0.2) is 0 Å². The molecule has 0 amide bonds. The van der Waals surface area contributed by atoms with E-state index >= 15 is 0 Å². The SMILES string of the molecule is CC1Cc2cc(C(O)CN3CCC(C#N)(c4ccccc4)CC3)ccc2O1. The fourth-order valence-electron chi connectivity index (χ4n) is 4.34. The Morgan fingerprint density at radius 1 is 1.22 bits per heavy atom. The Balaban J connectivity index is 1.39. The van der Waals surface area contributed by atoms with Crippen LogP contribution in [-0.4, -0.2) is 35.7 Å². The number of nitriles is 1. The molecule has 1 fully saturated rings. The number of β-amino-alcohol motifs (C(OH)–C–C–N with tert-alkyl or cyclic N) is 1. The molecule has 2 aromatic carbocycles. The van der Waals surface area contributed by atoms with Crippen LogP contribution < -0.4 is 4.74 Å². The summed E-state index contributed by atoms with van der Waals surface area (Å²) in [6.07, 6.45) is 2.21. The van der Waals surface area contributed by atoms with E-state index in [4.69, 9.17) is 4.74 Å². The highest BCUT2D eigenvalue weighted by atomic mass is 16.5. The van der Waals surface area contributed by atoms with Crippen molar-refractivity contribution in [2.24, 2.45) is 0 Å². The van der Waals surface area contributed by atoms with Crippen LogP contribution in [0.1, 0.15) is 42.6 Å². The second-order valence-electron chi connectivity index (χ2n) is 7.88. The molecule has 0 aliphatic carbocycles. The number of rotatable bonds is 4. The van der Waals surface area contributed by atoms with Gasteiger partial charge in [-0.1, -0.05) is 36.4 Å². The Morgan fingerprint density at radius 2 is 1.96 bits per heavy atom. The average molecular weight is 362 g/mol. The van der Waals surface area contributed by atoms with Gasteiger partial charge in [-0.05, 0) is 48.6 Å². The Hall–Kier alpha value is -2.35. The van der Waals surface area contributed by atoms with Gasteiger partial charge in [0.25, 0.3) is 0 Å². The first-order valence-corrected chi connectivity index (χ1v) is 9.76. The Bertz CT molecular complexity index is 835. The topological polar surface area (TPSA) is 56.5 Å². The Kier molecular flexibility index (Phi) is 4.90. The van der Waals surface area contributed by atoms with Gasteiger partial charge in [-0.2, -0.15) is 5.26 Å². The normalized spacial score (nSPS) is 22.5. The number of nitrogens with zero attached hydrogens (tertiary/aromatic N) is 2. The molecule has 2 aliphatic rings.